The molecule has 1 aromatic rings. The van der Waals surface area contributed by atoms with Crippen LogP contribution in [0.25, 0.3) is 0 Å². The molecule has 0 amide bonds. The number of anilines is 1. The maximum absolute atomic E-state index is 6.08. The van der Waals surface area contributed by atoms with Crippen LogP contribution in [-0.2, 0) is 6.42 Å². The normalized spacial score (nSPS) is 16.1. The maximum Gasteiger partial charge on any atom is 0.218 e. The Morgan fingerprint density at radius 1 is 1.07 bits per heavy atom. The molecule has 162 valence electrons. The third kappa shape index (κ3) is 8.73. The molecule has 1 saturated heterocycles. The van der Waals surface area contributed by atoms with Gasteiger partial charge in [-0.3, -0.25) is 4.99 Å². The second kappa shape index (κ2) is 12.3. The van der Waals surface area contributed by atoms with E-state index in [1.54, 1.807) is 0 Å². The van der Waals surface area contributed by atoms with Crippen LogP contribution in [0.3, 0.4) is 0 Å². The Bertz CT molecular complexity index is 663. The molecule has 0 atom stereocenters. The zero-order valence-corrected chi connectivity index (χ0v) is 18.5. The summed E-state index contributed by atoms with van der Waals surface area (Å²) in [4.78, 5) is 15.2. The van der Waals surface area contributed by atoms with Crippen molar-refractivity contribution in [2.75, 3.05) is 58.8 Å². The van der Waals surface area contributed by atoms with Crippen LogP contribution >= 0.6 is 0 Å². The number of guanidine groups is 2. The maximum atomic E-state index is 6.08. The van der Waals surface area contributed by atoms with Crippen LogP contribution in [0.1, 0.15) is 37.7 Å². The van der Waals surface area contributed by atoms with E-state index in [2.05, 4.69) is 44.1 Å². The number of benzene rings is 1. The number of nitrogens with two attached hydrogens (primary N) is 2. The molecule has 1 aromatic carbocycles. The van der Waals surface area contributed by atoms with Crippen molar-refractivity contribution >= 4 is 17.6 Å². The molecule has 1 aliphatic heterocycles. The van der Waals surface area contributed by atoms with Crippen molar-refractivity contribution in [3.05, 3.63) is 29.8 Å². The number of rotatable bonds is 9. The predicted molar refractivity (Wildman–Crippen MR) is 125 cm³/mol. The first-order valence-corrected chi connectivity index (χ1v) is 10.8. The second-order valence-corrected chi connectivity index (χ2v) is 8.06. The van der Waals surface area contributed by atoms with Gasteiger partial charge in [0.1, 0.15) is 0 Å². The Kier molecular flexibility index (Phi) is 9.77. The van der Waals surface area contributed by atoms with E-state index >= 15 is 0 Å². The number of aliphatic imine (C=N–C) groups is 2. The van der Waals surface area contributed by atoms with Gasteiger partial charge in [0, 0.05) is 39.9 Å². The highest BCUT2D eigenvalue weighted by Gasteiger charge is 2.09. The van der Waals surface area contributed by atoms with Crippen LogP contribution in [-0.4, -0.2) is 75.6 Å². The van der Waals surface area contributed by atoms with Gasteiger partial charge in [-0.1, -0.05) is 18.6 Å². The topological polar surface area (TPSA) is 86.5 Å². The lowest BCUT2D eigenvalue weighted by Crippen LogP contribution is -2.37. The fourth-order valence-electron chi connectivity index (χ4n) is 3.51. The monoisotopic (exact) mass is 401 g/mol. The average Bonchev–Trinajstić information content (AvgIpc) is 2.72. The molecular formula is C22H39N7. The van der Waals surface area contributed by atoms with Crippen LogP contribution in [0.2, 0.25) is 0 Å². The molecule has 0 saturated carbocycles. The molecule has 1 heterocycles. The summed E-state index contributed by atoms with van der Waals surface area (Å²) in [6.45, 7) is 5.17. The van der Waals surface area contributed by atoms with E-state index in [0.717, 1.165) is 19.4 Å². The van der Waals surface area contributed by atoms with E-state index in [4.69, 9.17) is 11.5 Å². The molecule has 7 heteroatoms. The Morgan fingerprint density at radius 2 is 1.83 bits per heavy atom. The number of hydrogen-bond acceptors (Lipinski definition) is 3. The first-order chi connectivity index (χ1) is 14.0. The molecule has 0 radical (unpaired) electrons. The van der Waals surface area contributed by atoms with Gasteiger partial charge in [-0.2, -0.15) is 4.99 Å². The lowest BCUT2D eigenvalue weighted by atomic mass is 10.1. The van der Waals surface area contributed by atoms with E-state index in [-0.39, 0.29) is 5.96 Å². The van der Waals surface area contributed by atoms with Crippen molar-refractivity contribution in [2.24, 2.45) is 21.5 Å². The highest BCUT2D eigenvalue weighted by molar-refractivity contribution is 5.93. The Labute approximate surface area is 176 Å². The molecule has 0 aliphatic carbocycles. The molecule has 0 bridgehead atoms. The quantitative estimate of drug-likeness (QED) is 0.376. The Balaban J connectivity index is 1.70. The van der Waals surface area contributed by atoms with E-state index in [1.807, 2.05) is 26.0 Å². The summed E-state index contributed by atoms with van der Waals surface area (Å²) in [5.74, 6) is 0.672. The van der Waals surface area contributed by atoms with E-state index < -0.39 is 0 Å². The predicted octanol–water partition coefficient (Wildman–Crippen LogP) is 2.12. The van der Waals surface area contributed by atoms with Gasteiger partial charge in [0.25, 0.3) is 0 Å². The fraction of sp³-hybridized carbons (Fsp3) is 0.636. The number of nitrogens with zero attached hydrogens (tertiary/aromatic N) is 5. The first-order valence-electron chi connectivity index (χ1n) is 10.8. The highest BCUT2D eigenvalue weighted by Crippen LogP contribution is 2.13. The molecular weight excluding hydrogens is 362 g/mol. The zero-order chi connectivity index (χ0) is 21.1. The number of unbranched alkanes of at least 4 members (excludes halogenated alkanes) is 1. The summed E-state index contributed by atoms with van der Waals surface area (Å²) in [7, 11) is 6.04. The third-order valence-corrected chi connectivity index (χ3v) is 5.39. The summed E-state index contributed by atoms with van der Waals surface area (Å²) >= 11 is 0. The van der Waals surface area contributed by atoms with Crippen molar-refractivity contribution < 1.29 is 0 Å². The molecule has 7 nitrogen and oxygen atoms in total. The second-order valence-electron chi connectivity index (χ2n) is 8.06. The van der Waals surface area contributed by atoms with Crippen LogP contribution < -0.4 is 16.4 Å². The molecule has 29 heavy (non-hydrogen) atoms. The Morgan fingerprint density at radius 3 is 2.55 bits per heavy atom. The van der Waals surface area contributed by atoms with Gasteiger partial charge >= 0.3 is 0 Å². The lowest BCUT2D eigenvalue weighted by molar-refractivity contribution is 0.223. The van der Waals surface area contributed by atoms with Crippen LogP contribution in [0.4, 0.5) is 5.69 Å². The van der Waals surface area contributed by atoms with Crippen molar-refractivity contribution in [1.29, 1.82) is 0 Å². The van der Waals surface area contributed by atoms with Crippen molar-refractivity contribution in [3.8, 4) is 0 Å². The summed E-state index contributed by atoms with van der Waals surface area (Å²) in [5.41, 5.74) is 14.4. The molecule has 1 fully saturated rings. The minimum atomic E-state index is 0.242. The van der Waals surface area contributed by atoms with E-state index in [1.165, 1.54) is 56.6 Å². The van der Waals surface area contributed by atoms with Gasteiger partial charge in [-0.15, -0.1) is 0 Å². The van der Waals surface area contributed by atoms with E-state index in [0.29, 0.717) is 12.5 Å². The van der Waals surface area contributed by atoms with Gasteiger partial charge in [0.15, 0.2) is 5.96 Å². The third-order valence-electron chi connectivity index (χ3n) is 5.39. The number of likely N-dealkylation sites (tertiary alicyclic amines) is 1. The SMILES string of the molecule is CN(CCCCN1CCCCC1)C(N)=NC(N)=NCCc1cccc(N(C)C)c1. The van der Waals surface area contributed by atoms with E-state index in [9.17, 15) is 0 Å². The smallest absolute Gasteiger partial charge is 0.218 e. The van der Waals surface area contributed by atoms with Crippen LogP contribution in [0.15, 0.2) is 34.3 Å². The number of piperidine rings is 1. The summed E-state index contributed by atoms with van der Waals surface area (Å²) < 4.78 is 0. The lowest BCUT2D eigenvalue weighted by Gasteiger charge is -2.26. The molecule has 0 unspecified atom stereocenters. The van der Waals surface area contributed by atoms with Crippen molar-refractivity contribution in [3.63, 3.8) is 0 Å². The standard InChI is InChI=1S/C22H39N7/c1-27(2)20-11-9-10-19(18-20)12-13-25-21(23)26-22(24)28(3)14-7-8-17-29-15-5-4-6-16-29/h9-11,18H,4-8,12-17H2,1-3H3,(H4,23,24,25,26). The van der Waals surface area contributed by atoms with Gasteiger partial charge in [0.05, 0.1) is 0 Å². The van der Waals surface area contributed by atoms with Gasteiger partial charge in [-0.05, 0) is 69.4 Å². The van der Waals surface area contributed by atoms with Crippen LogP contribution in [0.5, 0.6) is 0 Å². The van der Waals surface area contributed by atoms with Crippen LogP contribution in [0, 0.1) is 0 Å². The van der Waals surface area contributed by atoms with Crippen molar-refractivity contribution in [2.45, 2.75) is 38.5 Å². The summed E-state index contributed by atoms with van der Waals surface area (Å²) in [5, 5.41) is 0. The van der Waals surface area contributed by atoms with Gasteiger partial charge < -0.3 is 26.2 Å². The highest BCUT2D eigenvalue weighted by atomic mass is 15.3. The average molecular weight is 402 g/mol. The summed E-state index contributed by atoms with van der Waals surface area (Å²) in [6.07, 6.45) is 7.19. The molecule has 0 spiro atoms. The molecule has 1 aliphatic rings. The molecule has 2 rings (SSSR count). The number of hydrogen-bond donors (Lipinski definition) is 2. The first kappa shape index (κ1) is 23.0. The fourth-order valence-corrected chi connectivity index (χ4v) is 3.51. The Hall–Kier alpha value is -2.28. The van der Waals surface area contributed by atoms with Gasteiger partial charge in [-0.25, -0.2) is 0 Å². The minimum Gasteiger partial charge on any atom is -0.378 e. The summed E-state index contributed by atoms with van der Waals surface area (Å²) in [6, 6.07) is 8.43. The molecule has 4 N–H and O–H groups in total. The van der Waals surface area contributed by atoms with Crippen molar-refractivity contribution in [1.82, 2.24) is 9.80 Å². The minimum absolute atomic E-state index is 0.242. The molecule has 0 aromatic heterocycles. The zero-order valence-electron chi connectivity index (χ0n) is 18.5. The largest absolute Gasteiger partial charge is 0.378 e. The van der Waals surface area contributed by atoms with Gasteiger partial charge in [0.2, 0.25) is 5.96 Å².